The van der Waals surface area contributed by atoms with Gasteiger partial charge in [-0.15, -0.1) is 0 Å². The highest BCUT2D eigenvalue weighted by Gasteiger charge is 2.13. The number of nitriles is 1. The highest BCUT2D eigenvalue weighted by atomic mass is 16.5. The van der Waals surface area contributed by atoms with Crippen LogP contribution in [0.15, 0.2) is 48.5 Å². The zero-order chi connectivity index (χ0) is 18.5. The lowest BCUT2D eigenvalue weighted by Crippen LogP contribution is -1.96. The van der Waals surface area contributed by atoms with Crippen LogP contribution in [0.3, 0.4) is 0 Å². The van der Waals surface area contributed by atoms with E-state index in [1.54, 1.807) is 39.5 Å². The molecule has 2 aromatic carbocycles. The van der Waals surface area contributed by atoms with Crippen molar-refractivity contribution in [1.82, 2.24) is 4.98 Å². The molecule has 0 bridgehead atoms. The van der Waals surface area contributed by atoms with Crippen LogP contribution in [0.25, 0.3) is 22.6 Å². The number of hydrogen-bond acceptors (Lipinski definition) is 5. The minimum atomic E-state index is 0.449. The molecule has 0 saturated heterocycles. The third-order valence-corrected chi connectivity index (χ3v) is 3.99. The minimum absolute atomic E-state index is 0.449. The highest BCUT2D eigenvalue weighted by Crippen LogP contribution is 2.39. The van der Waals surface area contributed by atoms with Gasteiger partial charge in [0.15, 0.2) is 11.5 Å². The van der Waals surface area contributed by atoms with E-state index in [4.69, 9.17) is 14.2 Å². The van der Waals surface area contributed by atoms with E-state index in [-0.39, 0.29) is 0 Å². The Hall–Kier alpha value is -3.52. The first-order valence-electron chi connectivity index (χ1n) is 7.98. The van der Waals surface area contributed by atoms with Gasteiger partial charge in [0.1, 0.15) is 6.07 Å². The van der Waals surface area contributed by atoms with E-state index in [2.05, 4.69) is 11.1 Å². The van der Waals surface area contributed by atoms with Crippen LogP contribution in [0.5, 0.6) is 17.2 Å². The van der Waals surface area contributed by atoms with Crippen molar-refractivity contribution in [2.24, 2.45) is 0 Å². The van der Waals surface area contributed by atoms with Gasteiger partial charge >= 0.3 is 0 Å². The molecule has 0 amide bonds. The summed E-state index contributed by atoms with van der Waals surface area (Å²) in [4.78, 5) is 4.58. The van der Waals surface area contributed by atoms with Crippen molar-refractivity contribution >= 4 is 22.6 Å². The Balaban J connectivity index is 2.09. The van der Waals surface area contributed by atoms with E-state index in [0.717, 1.165) is 16.5 Å². The molecule has 0 spiro atoms. The summed E-state index contributed by atoms with van der Waals surface area (Å²) in [6.07, 6.45) is 1.75. The van der Waals surface area contributed by atoms with Gasteiger partial charge in [0, 0.05) is 5.39 Å². The van der Waals surface area contributed by atoms with Crippen molar-refractivity contribution in [3.8, 4) is 23.3 Å². The van der Waals surface area contributed by atoms with Gasteiger partial charge in [0.25, 0.3) is 0 Å². The zero-order valence-electron chi connectivity index (χ0n) is 14.8. The van der Waals surface area contributed by atoms with E-state index in [9.17, 15) is 5.26 Å². The van der Waals surface area contributed by atoms with Crippen LogP contribution >= 0.6 is 0 Å². The third-order valence-electron chi connectivity index (χ3n) is 3.99. The van der Waals surface area contributed by atoms with E-state index < -0.39 is 0 Å². The quantitative estimate of drug-likeness (QED) is 0.644. The van der Waals surface area contributed by atoms with Crippen molar-refractivity contribution < 1.29 is 14.2 Å². The molecule has 3 rings (SSSR count). The van der Waals surface area contributed by atoms with Crippen molar-refractivity contribution in [3.05, 3.63) is 59.8 Å². The SMILES string of the molecule is COc1cc(/C=C(\C#N)c2ccc3ccccc3n2)cc(OC)c1OC. The number of allylic oxidation sites excluding steroid dienone is 1. The summed E-state index contributed by atoms with van der Waals surface area (Å²) in [5.74, 6) is 1.57. The molecule has 0 fully saturated rings. The summed E-state index contributed by atoms with van der Waals surface area (Å²) in [7, 11) is 4.66. The van der Waals surface area contributed by atoms with Crippen LogP contribution in [-0.2, 0) is 0 Å². The van der Waals surface area contributed by atoms with Crippen LogP contribution in [0.4, 0.5) is 0 Å². The van der Waals surface area contributed by atoms with Gasteiger partial charge < -0.3 is 14.2 Å². The number of fused-ring (bicyclic) bond motifs is 1. The fourth-order valence-electron chi connectivity index (χ4n) is 2.73. The van der Waals surface area contributed by atoms with Crippen LogP contribution in [-0.4, -0.2) is 26.3 Å². The number of aromatic nitrogens is 1. The zero-order valence-corrected chi connectivity index (χ0v) is 14.8. The maximum Gasteiger partial charge on any atom is 0.203 e. The highest BCUT2D eigenvalue weighted by molar-refractivity contribution is 5.91. The monoisotopic (exact) mass is 346 g/mol. The minimum Gasteiger partial charge on any atom is -0.493 e. The number of hydrogen-bond donors (Lipinski definition) is 0. The van der Waals surface area contributed by atoms with Gasteiger partial charge in [0.05, 0.1) is 38.1 Å². The first-order chi connectivity index (χ1) is 12.7. The van der Waals surface area contributed by atoms with E-state index in [0.29, 0.717) is 28.5 Å². The van der Waals surface area contributed by atoms with Crippen LogP contribution in [0.2, 0.25) is 0 Å². The van der Waals surface area contributed by atoms with Crippen LogP contribution < -0.4 is 14.2 Å². The number of rotatable bonds is 5. The normalized spacial score (nSPS) is 11.1. The molecule has 1 heterocycles. The largest absolute Gasteiger partial charge is 0.493 e. The number of para-hydroxylation sites is 1. The van der Waals surface area contributed by atoms with Crippen molar-refractivity contribution in [3.63, 3.8) is 0 Å². The number of methoxy groups -OCH3 is 3. The van der Waals surface area contributed by atoms with Gasteiger partial charge in [-0.2, -0.15) is 5.26 Å². The smallest absolute Gasteiger partial charge is 0.203 e. The van der Waals surface area contributed by atoms with Crippen molar-refractivity contribution in [1.29, 1.82) is 5.26 Å². The molecule has 0 saturated carbocycles. The Morgan fingerprint density at radius 2 is 1.65 bits per heavy atom. The molecule has 26 heavy (non-hydrogen) atoms. The Kier molecular flexibility index (Phi) is 5.04. The lowest BCUT2D eigenvalue weighted by atomic mass is 10.1. The third kappa shape index (κ3) is 3.31. The van der Waals surface area contributed by atoms with Gasteiger partial charge in [-0.25, -0.2) is 4.98 Å². The summed E-state index contributed by atoms with van der Waals surface area (Å²) in [6, 6.07) is 17.4. The molecule has 0 radical (unpaired) electrons. The molecular weight excluding hydrogens is 328 g/mol. The Bertz CT molecular complexity index is 994. The summed E-state index contributed by atoms with van der Waals surface area (Å²) >= 11 is 0. The number of benzene rings is 2. The van der Waals surface area contributed by atoms with Crippen LogP contribution in [0, 0.1) is 11.3 Å². The fraction of sp³-hybridized carbons (Fsp3) is 0.143. The van der Waals surface area contributed by atoms with E-state index in [1.165, 1.54) is 0 Å². The van der Waals surface area contributed by atoms with Gasteiger partial charge in [-0.1, -0.05) is 24.3 Å². The Morgan fingerprint density at radius 3 is 2.27 bits per heavy atom. The molecule has 5 nitrogen and oxygen atoms in total. The molecule has 1 aromatic heterocycles. The lowest BCUT2D eigenvalue weighted by molar-refractivity contribution is 0.324. The first kappa shape index (κ1) is 17.3. The molecule has 130 valence electrons. The second kappa shape index (κ2) is 7.58. The van der Waals surface area contributed by atoms with E-state index in [1.807, 2.05) is 36.4 Å². The molecule has 5 heteroatoms. The molecule has 0 aliphatic rings. The predicted molar refractivity (Wildman–Crippen MR) is 101 cm³/mol. The van der Waals surface area contributed by atoms with Gasteiger partial charge in [0.2, 0.25) is 5.75 Å². The van der Waals surface area contributed by atoms with Crippen molar-refractivity contribution in [2.75, 3.05) is 21.3 Å². The number of nitrogens with zero attached hydrogens (tertiary/aromatic N) is 2. The van der Waals surface area contributed by atoms with Gasteiger partial charge in [-0.05, 0) is 35.9 Å². The molecule has 0 aliphatic carbocycles. The summed E-state index contributed by atoms with van der Waals surface area (Å²) < 4.78 is 16.1. The lowest BCUT2D eigenvalue weighted by Gasteiger charge is -2.13. The average Bonchev–Trinajstić information content (AvgIpc) is 2.70. The second-order valence-electron chi connectivity index (χ2n) is 5.52. The number of ether oxygens (including phenoxy) is 3. The molecule has 0 unspecified atom stereocenters. The van der Waals surface area contributed by atoms with E-state index >= 15 is 0 Å². The maximum absolute atomic E-state index is 9.62. The fourth-order valence-corrected chi connectivity index (χ4v) is 2.73. The van der Waals surface area contributed by atoms with Crippen molar-refractivity contribution in [2.45, 2.75) is 0 Å². The predicted octanol–water partition coefficient (Wildman–Crippen LogP) is 4.32. The standard InChI is InChI=1S/C21H18N2O3/c1-24-19-11-14(12-20(25-2)21(19)26-3)10-16(13-22)18-9-8-15-6-4-5-7-17(15)23-18/h4-12H,1-3H3/b16-10+. The first-order valence-corrected chi connectivity index (χ1v) is 7.98. The molecular formula is C21H18N2O3. The summed E-state index contributed by atoms with van der Waals surface area (Å²) in [5.41, 5.74) is 2.66. The van der Waals surface area contributed by atoms with Crippen LogP contribution in [0.1, 0.15) is 11.3 Å². The van der Waals surface area contributed by atoms with Gasteiger partial charge in [-0.3, -0.25) is 0 Å². The summed E-state index contributed by atoms with van der Waals surface area (Å²) in [5, 5.41) is 10.7. The maximum atomic E-state index is 9.62. The number of pyridine rings is 1. The second-order valence-corrected chi connectivity index (χ2v) is 5.52. The average molecular weight is 346 g/mol. The molecule has 3 aromatic rings. The molecule has 0 atom stereocenters. The topological polar surface area (TPSA) is 64.4 Å². The Morgan fingerprint density at radius 1 is 0.962 bits per heavy atom. The summed E-state index contributed by atoms with van der Waals surface area (Å²) in [6.45, 7) is 0. The Labute approximate surface area is 152 Å². The molecule has 0 aliphatic heterocycles. The molecule has 0 N–H and O–H groups in total.